The van der Waals surface area contributed by atoms with Crippen LogP contribution in [0.2, 0.25) is 0 Å². The third-order valence-corrected chi connectivity index (χ3v) is 6.37. The highest BCUT2D eigenvalue weighted by molar-refractivity contribution is 14.0. The molecule has 2 N–H and O–H groups in total. The summed E-state index contributed by atoms with van der Waals surface area (Å²) in [7, 11) is 1.09. The molecule has 0 bridgehead atoms. The van der Waals surface area contributed by atoms with E-state index in [0.29, 0.717) is 23.8 Å². The average Bonchev–Trinajstić information content (AvgIpc) is 3.04. The molecule has 1 aromatic rings. The van der Waals surface area contributed by atoms with Gasteiger partial charge >= 0.3 is 0 Å². The molecule has 0 radical (unpaired) electrons. The molecule has 0 spiro atoms. The molecule has 6 nitrogen and oxygen atoms in total. The Hall–Kier alpha value is -0.640. The van der Waals surface area contributed by atoms with E-state index in [0.717, 1.165) is 49.8 Å². The van der Waals surface area contributed by atoms with Crippen molar-refractivity contribution >= 4 is 40.7 Å². The van der Waals surface area contributed by atoms with Gasteiger partial charge in [0.15, 0.2) is 5.96 Å². The zero-order chi connectivity index (χ0) is 18.2. The number of imidazole rings is 1. The number of rotatable bonds is 7. The number of halogens is 1. The van der Waals surface area contributed by atoms with Crippen LogP contribution >= 0.6 is 24.0 Å². The van der Waals surface area contributed by atoms with E-state index in [1.54, 1.807) is 7.05 Å². The van der Waals surface area contributed by atoms with Gasteiger partial charge in [-0.1, -0.05) is 27.2 Å². The molecule has 1 heterocycles. The van der Waals surface area contributed by atoms with Gasteiger partial charge in [-0.3, -0.25) is 9.20 Å². The largest absolute Gasteiger partial charge is 0.354 e. The third-order valence-electron chi connectivity index (χ3n) is 4.62. The van der Waals surface area contributed by atoms with Gasteiger partial charge in [0, 0.05) is 53.8 Å². The van der Waals surface area contributed by atoms with E-state index in [4.69, 9.17) is 0 Å². The van der Waals surface area contributed by atoms with E-state index in [2.05, 4.69) is 39.0 Å². The van der Waals surface area contributed by atoms with Crippen molar-refractivity contribution in [2.45, 2.75) is 70.8 Å². The first-order valence-electron chi connectivity index (χ1n) is 9.37. The molecule has 2 rings (SSSR count). The van der Waals surface area contributed by atoms with E-state index in [-0.39, 0.29) is 24.0 Å². The van der Waals surface area contributed by atoms with Crippen LogP contribution in [-0.4, -0.2) is 43.8 Å². The number of hydrogen-bond acceptors (Lipinski definition) is 3. The molecule has 1 fully saturated rings. The van der Waals surface area contributed by atoms with Gasteiger partial charge in [-0.25, -0.2) is 4.98 Å². The molecule has 26 heavy (non-hydrogen) atoms. The summed E-state index contributed by atoms with van der Waals surface area (Å²) in [6, 6.07) is 0.343. The van der Waals surface area contributed by atoms with E-state index in [1.807, 2.05) is 19.3 Å². The summed E-state index contributed by atoms with van der Waals surface area (Å²) in [6.45, 7) is 8.04. The van der Waals surface area contributed by atoms with Crippen molar-refractivity contribution in [2.24, 2.45) is 10.9 Å². The van der Waals surface area contributed by atoms with Gasteiger partial charge in [0.25, 0.3) is 0 Å². The van der Waals surface area contributed by atoms with Crippen LogP contribution in [-0.2, 0) is 23.9 Å². The lowest BCUT2D eigenvalue weighted by atomic mass is 9.95. The summed E-state index contributed by atoms with van der Waals surface area (Å²) in [5.41, 5.74) is 0. The van der Waals surface area contributed by atoms with Gasteiger partial charge in [-0.15, -0.1) is 24.0 Å². The number of nitrogens with one attached hydrogen (secondary N) is 2. The van der Waals surface area contributed by atoms with Crippen molar-refractivity contribution in [1.29, 1.82) is 0 Å². The highest BCUT2D eigenvalue weighted by Gasteiger charge is 2.26. The molecular weight excluding hydrogens is 461 g/mol. The first-order valence-corrected chi connectivity index (χ1v) is 10.8. The van der Waals surface area contributed by atoms with Crippen LogP contribution in [0.1, 0.15) is 52.3 Å². The van der Waals surface area contributed by atoms with Crippen molar-refractivity contribution in [1.82, 2.24) is 20.2 Å². The topological polar surface area (TPSA) is 71.3 Å². The molecular formula is C18H34IN5OS. The van der Waals surface area contributed by atoms with Crippen LogP contribution in [0.5, 0.6) is 0 Å². The van der Waals surface area contributed by atoms with E-state index < -0.39 is 10.8 Å². The Balaban J connectivity index is 0.00000338. The minimum atomic E-state index is -0.701. The fourth-order valence-corrected chi connectivity index (χ4v) is 4.72. The van der Waals surface area contributed by atoms with Gasteiger partial charge in [0.1, 0.15) is 5.82 Å². The number of nitrogens with zero attached hydrogens (tertiary/aromatic N) is 3. The highest BCUT2D eigenvalue weighted by Crippen LogP contribution is 2.22. The summed E-state index contributed by atoms with van der Waals surface area (Å²) in [5, 5.41) is 7.19. The fourth-order valence-electron chi connectivity index (χ4n) is 3.37. The van der Waals surface area contributed by atoms with Gasteiger partial charge < -0.3 is 15.2 Å². The maximum atomic E-state index is 12.1. The molecule has 1 saturated carbocycles. The van der Waals surface area contributed by atoms with Crippen LogP contribution in [0.4, 0.5) is 0 Å². The number of aliphatic imine (C=N–C) groups is 1. The zero-order valence-corrected chi connectivity index (χ0v) is 19.5. The number of guanidine groups is 1. The summed E-state index contributed by atoms with van der Waals surface area (Å²) in [6.07, 6.45) is 8.16. The van der Waals surface area contributed by atoms with Crippen molar-refractivity contribution < 1.29 is 4.21 Å². The lowest BCUT2D eigenvalue weighted by molar-refractivity contribution is 0.413. The summed E-state index contributed by atoms with van der Waals surface area (Å²) in [5.74, 6) is 3.16. The Kier molecular flexibility index (Phi) is 10.7. The average molecular weight is 495 g/mol. The van der Waals surface area contributed by atoms with Crippen LogP contribution in [0.15, 0.2) is 17.4 Å². The van der Waals surface area contributed by atoms with Crippen molar-refractivity contribution in [3.63, 3.8) is 0 Å². The van der Waals surface area contributed by atoms with Crippen molar-refractivity contribution in [3.8, 4) is 0 Å². The molecule has 8 heteroatoms. The molecule has 3 atom stereocenters. The Bertz CT molecular complexity index is 590. The highest BCUT2D eigenvalue weighted by atomic mass is 127. The van der Waals surface area contributed by atoms with Crippen LogP contribution in [0.25, 0.3) is 0 Å². The normalized spacial score (nSPS) is 22.0. The Labute approximate surface area is 177 Å². The lowest BCUT2D eigenvalue weighted by Gasteiger charge is -2.30. The van der Waals surface area contributed by atoms with Crippen molar-refractivity contribution in [3.05, 3.63) is 18.2 Å². The molecule has 150 valence electrons. The summed E-state index contributed by atoms with van der Waals surface area (Å²) < 4.78 is 14.3. The molecule has 3 unspecified atom stereocenters. The Morgan fingerprint density at radius 1 is 1.46 bits per heavy atom. The minimum Gasteiger partial charge on any atom is -0.354 e. The monoisotopic (exact) mass is 495 g/mol. The maximum Gasteiger partial charge on any atom is 0.191 e. The van der Waals surface area contributed by atoms with Crippen LogP contribution < -0.4 is 10.6 Å². The second kappa shape index (κ2) is 11.9. The van der Waals surface area contributed by atoms with E-state index >= 15 is 0 Å². The second-order valence-electron chi connectivity index (χ2n) is 7.11. The van der Waals surface area contributed by atoms with Crippen LogP contribution in [0, 0.1) is 5.92 Å². The standard InChI is InChI=1S/C18H33N5OS.HI/c1-5-25(24)16-8-6-7-15(11-16)22-18(19-4)21-12-17-20-9-10-23(17)13-14(2)3;/h9-10,14-16H,5-8,11-13H2,1-4H3,(H2,19,21,22);1H. The molecule has 1 aromatic heterocycles. The fraction of sp³-hybridized carbons (Fsp3) is 0.778. The third kappa shape index (κ3) is 7.17. The number of aromatic nitrogens is 2. The first-order chi connectivity index (χ1) is 12.0. The molecule has 1 aliphatic rings. The lowest BCUT2D eigenvalue weighted by Crippen LogP contribution is -2.46. The van der Waals surface area contributed by atoms with Gasteiger partial charge in [0.05, 0.1) is 6.54 Å². The van der Waals surface area contributed by atoms with Gasteiger partial charge in [-0.05, 0) is 25.2 Å². The van der Waals surface area contributed by atoms with Crippen LogP contribution in [0.3, 0.4) is 0 Å². The van der Waals surface area contributed by atoms with E-state index in [9.17, 15) is 4.21 Å². The van der Waals surface area contributed by atoms with Gasteiger partial charge in [-0.2, -0.15) is 0 Å². The zero-order valence-electron chi connectivity index (χ0n) is 16.4. The second-order valence-corrected chi connectivity index (χ2v) is 9.12. The number of hydrogen-bond donors (Lipinski definition) is 2. The summed E-state index contributed by atoms with van der Waals surface area (Å²) in [4.78, 5) is 8.79. The van der Waals surface area contributed by atoms with Gasteiger partial charge in [0.2, 0.25) is 0 Å². The maximum absolute atomic E-state index is 12.1. The molecule has 1 aliphatic carbocycles. The summed E-state index contributed by atoms with van der Waals surface area (Å²) >= 11 is 0. The molecule has 0 aromatic carbocycles. The molecule has 0 aliphatic heterocycles. The molecule has 0 saturated heterocycles. The quantitative estimate of drug-likeness (QED) is 0.347. The first kappa shape index (κ1) is 23.4. The SMILES string of the molecule is CCS(=O)C1CCCC(NC(=NC)NCc2nccn2CC(C)C)C1.I. The predicted octanol–water partition coefficient (Wildman–Crippen LogP) is 2.90. The van der Waals surface area contributed by atoms with Crippen molar-refractivity contribution in [2.75, 3.05) is 12.8 Å². The Morgan fingerprint density at radius 3 is 2.88 bits per heavy atom. The predicted molar refractivity (Wildman–Crippen MR) is 121 cm³/mol. The molecule has 0 amide bonds. The van der Waals surface area contributed by atoms with E-state index in [1.165, 1.54) is 0 Å². The smallest absolute Gasteiger partial charge is 0.191 e. The Morgan fingerprint density at radius 2 is 2.23 bits per heavy atom. The minimum absolute atomic E-state index is 0.